The molecule has 1 amide bonds. The molecular weight excluding hydrogens is 475 g/mol. The van der Waals surface area contributed by atoms with Crippen LogP contribution in [0.2, 0.25) is 0 Å². The highest BCUT2D eigenvalue weighted by Crippen LogP contribution is 2.32. The number of carbonyl (C=O) groups is 1. The molecule has 0 fully saturated rings. The van der Waals surface area contributed by atoms with Crippen molar-refractivity contribution < 1.29 is 9.53 Å². The Hall–Kier alpha value is -2.67. The minimum absolute atomic E-state index is 0.296. The van der Waals surface area contributed by atoms with Gasteiger partial charge in [-0.3, -0.25) is 4.79 Å². The van der Waals surface area contributed by atoms with Gasteiger partial charge in [-0.05, 0) is 76.0 Å². The van der Waals surface area contributed by atoms with Crippen molar-refractivity contribution in [1.29, 1.82) is 0 Å². The van der Waals surface area contributed by atoms with E-state index in [1.807, 2.05) is 36.1 Å². The summed E-state index contributed by atoms with van der Waals surface area (Å²) in [5.41, 5.74) is 5.35. The van der Waals surface area contributed by atoms with Crippen LogP contribution in [0.4, 0.5) is 0 Å². The van der Waals surface area contributed by atoms with Crippen molar-refractivity contribution in [3.8, 4) is 11.1 Å². The summed E-state index contributed by atoms with van der Waals surface area (Å²) in [6.45, 7) is 3.61. The molecule has 0 spiro atoms. The van der Waals surface area contributed by atoms with Crippen LogP contribution >= 0.6 is 22.6 Å². The first-order chi connectivity index (χ1) is 14.2. The second kappa shape index (κ2) is 8.78. The van der Waals surface area contributed by atoms with Gasteiger partial charge in [0.15, 0.2) is 0 Å². The Morgan fingerprint density at radius 2 is 1.48 bits per heavy atom. The number of nitrogens with zero attached hydrogens (tertiary/aromatic N) is 2. The van der Waals surface area contributed by atoms with E-state index >= 15 is 0 Å². The Morgan fingerprint density at radius 3 is 2.03 bits per heavy atom. The molecule has 146 valence electrons. The van der Waals surface area contributed by atoms with Gasteiger partial charge in [0.2, 0.25) is 0 Å². The lowest BCUT2D eigenvalue weighted by atomic mass is 9.97. The molecule has 29 heavy (non-hydrogen) atoms. The molecule has 0 atom stereocenters. The molecule has 5 heteroatoms. The second-order valence-corrected chi connectivity index (χ2v) is 8.06. The van der Waals surface area contributed by atoms with Gasteiger partial charge >= 0.3 is 0 Å². The second-order valence-electron chi connectivity index (χ2n) is 6.81. The standard InChI is InChI=1S/C24H21IN2O2/c1-2-29-24(26-23(28)17-11-13-20(25)14-12-17)27-15-18-7-3-5-9-21(18)22-10-6-4-8-19(22)16-27/h3-14H,2,15-16H2,1H3/b26-24-. The fourth-order valence-electron chi connectivity index (χ4n) is 3.51. The number of fused-ring (bicyclic) bond motifs is 3. The van der Waals surface area contributed by atoms with Gasteiger partial charge in [-0.2, -0.15) is 4.99 Å². The maximum Gasteiger partial charge on any atom is 0.296 e. The van der Waals surface area contributed by atoms with Crippen molar-refractivity contribution in [2.75, 3.05) is 6.61 Å². The first-order valence-electron chi connectivity index (χ1n) is 9.58. The third-order valence-corrected chi connectivity index (χ3v) is 5.60. The van der Waals surface area contributed by atoms with E-state index in [2.05, 4.69) is 64.0 Å². The van der Waals surface area contributed by atoms with Crippen molar-refractivity contribution in [3.63, 3.8) is 0 Å². The third kappa shape index (κ3) is 4.34. The summed E-state index contributed by atoms with van der Waals surface area (Å²) in [6, 6.07) is 24.5. The van der Waals surface area contributed by atoms with Crippen LogP contribution in [-0.4, -0.2) is 23.4 Å². The number of hydrogen-bond donors (Lipinski definition) is 0. The molecule has 4 nitrogen and oxygen atoms in total. The van der Waals surface area contributed by atoms with Crippen molar-refractivity contribution in [2.45, 2.75) is 20.0 Å². The molecule has 0 unspecified atom stereocenters. The molecule has 1 aliphatic heterocycles. The van der Waals surface area contributed by atoms with Gasteiger partial charge in [0, 0.05) is 22.2 Å². The molecule has 1 aliphatic rings. The number of ether oxygens (including phenoxy) is 1. The van der Waals surface area contributed by atoms with Crippen LogP contribution in [0.25, 0.3) is 11.1 Å². The Morgan fingerprint density at radius 1 is 0.931 bits per heavy atom. The summed E-state index contributed by atoms with van der Waals surface area (Å²) < 4.78 is 6.91. The first-order valence-corrected chi connectivity index (χ1v) is 10.7. The average molecular weight is 496 g/mol. The van der Waals surface area contributed by atoms with Crippen LogP contribution in [0.5, 0.6) is 0 Å². The first kappa shape index (κ1) is 19.6. The Labute approximate surface area is 184 Å². The van der Waals surface area contributed by atoms with Crippen molar-refractivity contribution in [3.05, 3.63) is 93.1 Å². The lowest BCUT2D eigenvalue weighted by molar-refractivity contribution is 0.0993. The van der Waals surface area contributed by atoms with Crippen LogP contribution in [0.15, 0.2) is 77.8 Å². The third-order valence-electron chi connectivity index (χ3n) is 4.88. The quantitative estimate of drug-likeness (QED) is 0.267. The van der Waals surface area contributed by atoms with Gasteiger partial charge in [0.25, 0.3) is 11.9 Å². The van der Waals surface area contributed by atoms with Crippen molar-refractivity contribution in [2.24, 2.45) is 4.99 Å². The van der Waals surface area contributed by atoms with E-state index in [0.717, 1.165) is 3.57 Å². The molecule has 1 heterocycles. The number of amidine groups is 1. The van der Waals surface area contributed by atoms with Crippen LogP contribution < -0.4 is 0 Å². The molecule has 0 saturated heterocycles. The number of hydrogen-bond acceptors (Lipinski definition) is 2. The Balaban J connectivity index is 1.73. The van der Waals surface area contributed by atoms with E-state index in [-0.39, 0.29) is 5.91 Å². The van der Waals surface area contributed by atoms with E-state index in [1.165, 1.54) is 22.3 Å². The monoisotopic (exact) mass is 496 g/mol. The normalized spacial score (nSPS) is 13.3. The van der Waals surface area contributed by atoms with Crippen molar-refractivity contribution >= 4 is 34.5 Å². The summed E-state index contributed by atoms with van der Waals surface area (Å²) in [5, 5.41) is 0. The molecule has 0 radical (unpaired) electrons. The molecule has 0 bridgehead atoms. The number of rotatable bonds is 2. The highest BCUT2D eigenvalue weighted by molar-refractivity contribution is 14.1. The number of benzene rings is 3. The zero-order valence-corrected chi connectivity index (χ0v) is 18.3. The number of aliphatic imine (C=N–C) groups is 1. The molecular formula is C24H21IN2O2. The number of amides is 1. The number of halogens is 1. The van der Waals surface area contributed by atoms with Crippen LogP contribution in [-0.2, 0) is 17.8 Å². The smallest absolute Gasteiger partial charge is 0.296 e. The average Bonchev–Trinajstić information content (AvgIpc) is 2.91. The lowest BCUT2D eigenvalue weighted by Crippen LogP contribution is -2.32. The molecule has 0 aliphatic carbocycles. The Bertz CT molecular complexity index is 1010. The summed E-state index contributed by atoms with van der Waals surface area (Å²) in [5.74, 6) is -0.296. The fourth-order valence-corrected chi connectivity index (χ4v) is 3.87. The van der Waals surface area contributed by atoms with E-state index < -0.39 is 0 Å². The summed E-state index contributed by atoms with van der Waals surface area (Å²) in [4.78, 5) is 19.2. The summed E-state index contributed by atoms with van der Waals surface area (Å²) >= 11 is 2.22. The maximum atomic E-state index is 12.8. The van der Waals surface area contributed by atoms with E-state index in [9.17, 15) is 4.79 Å². The topological polar surface area (TPSA) is 41.9 Å². The summed E-state index contributed by atoms with van der Waals surface area (Å²) in [7, 11) is 0. The minimum atomic E-state index is -0.296. The van der Waals surface area contributed by atoms with Crippen LogP contribution in [0, 0.1) is 3.57 Å². The molecule has 4 rings (SSSR count). The van der Waals surface area contributed by atoms with Crippen LogP contribution in [0.1, 0.15) is 28.4 Å². The molecule has 0 N–H and O–H groups in total. The van der Waals surface area contributed by atoms with Gasteiger partial charge in [-0.25, -0.2) is 0 Å². The zero-order valence-electron chi connectivity index (χ0n) is 16.1. The van der Waals surface area contributed by atoms with Crippen LogP contribution in [0.3, 0.4) is 0 Å². The van der Waals surface area contributed by atoms with E-state index in [0.29, 0.717) is 31.3 Å². The van der Waals surface area contributed by atoms with Gasteiger partial charge in [0.1, 0.15) is 0 Å². The highest BCUT2D eigenvalue weighted by Gasteiger charge is 2.23. The zero-order chi connectivity index (χ0) is 20.2. The molecule has 0 saturated carbocycles. The van der Waals surface area contributed by atoms with Crippen molar-refractivity contribution in [1.82, 2.24) is 4.90 Å². The van der Waals surface area contributed by atoms with E-state index in [1.54, 1.807) is 12.1 Å². The minimum Gasteiger partial charge on any atom is -0.465 e. The highest BCUT2D eigenvalue weighted by atomic mass is 127. The number of carbonyl (C=O) groups excluding carboxylic acids is 1. The van der Waals surface area contributed by atoms with Gasteiger partial charge < -0.3 is 9.64 Å². The SMILES string of the molecule is CCO/C(=N\C(=O)c1ccc(I)cc1)N1Cc2ccccc2-c2ccccc2C1. The predicted molar refractivity (Wildman–Crippen MR) is 124 cm³/mol. The van der Waals surface area contributed by atoms with E-state index in [4.69, 9.17) is 4.74 Å². The predicted octanol–water partition coefficient (Wildman–Crippen LogP) is 5.51. The Kier molecular flexibility index (Phi) is 5.94. The lowest BCUT2D eigenvalue weighted by Gasteiger charge is -2.24. The van der Waals surface area contributed by atoms with Gasteiger partial charge in [-0.1, -0.05) is 48.5 Å². The van der Waals surface area contributed by atoms with Gasteiger partial charge in [0.05, 0.1) is 6.61 Å². The largest absolute Gasteiger partial charge is 0.465 e. The molecule has 3 aromatic rings. The van der Waals surface area contributed by atoms with Gasteiger partial charge in [-0.15, -0.1) is 0 Å². The summed E-state index contributed by atoms with van der Waals surface area (Å²) in [6.07, 6.45) is 0. The fraction of sp³-hybridized carbons (Fsp3) is 0.167. The molecule has 0 aromatic heterocycles. The maximum absolute atomic E-state index is 12.8. The molecule has 3 aromatic carbocycles.